The van der Waals surface area contributed by atoms with Gasteiger partial charge >= 0.3 is 0 Å². The molecule has 0 saturated heterocycles. The molecule has 0 bridgehead atoms. The molecule has 0 spiro atoms. The summed E-state index contributed by atoms with van der Waals surface area (Å²) in [7, 11) is -4.89. The van der Waals surface area contributed by atoms with Gasteiger partial charge < -0.3 is 4.90 Å². The summed E-state index contributed by atoms with van der Waals surface area (Å²) < 4.78 is 64.9. The van der Waals surface area contributed by atoms with E-state index in [4.69, 9.17) is 6.57 Å². The van der Waals surface area contributed by atoms with Gasteiger partial charge in [-0.2, -0.15) is 0 Å². The fourth-order valence-corrected chi connectivity index (χ4v) is 5.00. The molecule has 176 valence electrons. The van der Waals surface area contributed by atoms with E-state index in [2.05, 4.69) is 4.85 Å². The Bertz CT molecular complexity index is 1510. The van der Waals surface area contributed by atoms with Crippen LogP contribution in [0.25, 0.3) is 4.85 Å². The number of benzene rings is 3. The highest BCUT2D eigenvalue weighted by Crippen LogP contribution is 2.27. The van der Waals surface area contributed by atoms with Gasteiger partial charge in [0.2, 0.25) is 0 Å². The molecule has 1 amide bonds. The molecule has 8 nitrogen and oxygen atoms in total. The summed E-state index contributed by atoms with van der Waals surface area (Å²) in [6.07, 6.45) is 1.05. The van der Waals surface area contributed by atoms with Gasteiger partial charge in [-0.15, -0.1) is 0 Å². The monoisotopic (exact) mass is 501 g/mol. The number of sulfone groups is 1. The number of hydrogen-bond acceptors (Lipinski definition) is 5. The van der Waals surface area contributed by atoms with Gasteiger partial charge in [0.25, 0.3) is 15.9 Å². The number of nitrogens with zero attached hydrogens (tertiary/aromatic N) is 3. The second-order valence-corrected chi connectivity index (χ2v) is 11.4. The van der Waals surface area contributed by atoms with Gasteiger partial charge in [-0.1, -0.05) is 12.1 Å². The SMILES string of the molecule is [C-]#[N+]c1ccc(N(C)C(=O)c2cccc(S(=O)(=O)N(C)c3ccc(S(C)(=O)=O)cc3)c2)c(F)c1. The van der Waals surface area contributed by atoms with Gasteiger partial charge in [0.15, 0.2) is 15.5 Å². The molecule has 0 atom stereocenters. The number of hydrogen-bond donors (Lipinski definition) is 0. The number of rotatable bonds is 6. The number of anilines is 2. The second kappa shape index (κ2) is 9.24. The molecular formula is C23H20FN3O5S2. The summed E-state index contributed by atoms with van der Waals surface area (Å²) >= 11 is 0. The van der Waals surface area contributed by atoms with Gasteiger partial charge in [0.05, 0.1) is 27.7 Å². The van der Waals surface area contributed by atoms with Crippen LogP contribution >= 0.6 is 0 Å². The minimum atomic E-state index is -4.10. The van der Waals surface area contributed by atoms with Crippen LogP contribution in [-0.2, 0) is 19.9 Å². The lowest BCUT2D eigenvalue weighted by molar-refractivity contribution is 0.0992. The molecule has 0 aromatic heterocycles. The summed E-state index contributed by atoms with van der Waals surface area (Å²) in [5.41, 5.74) is 0.262. The van der Waals surface area contributed by atoms with Crippen molar-refractivity contribution in [1.29, 1.82) is 0 Å². The second-order valence-electron chi connectivity index (χ2n) is 7.38. The minimum absolute atomic E-state index is 0.0121. The fraction of sp³-hybridized carbons (Fsp3) is 0.130. The molecule has 0 heterocycles. The van der Waals surface area contributed by atoms with Crippen molar-refractivity contribution in [3.8, 4) is 0 Å². The molecule has 0 aliphatic carbocycles. The Morgan fingerprint density at radius 3 is 2.12 bits per heavy atom. The zero-order valence-corrected chi connectivity index (χ0v) is 20.1. The molecule has 0 aliphatic heterocycles. The Morgan fingerprint density at radius 2 is 1.56 bits per heavy atom. The van der Waals surface area contributed by atoms with Gasteiger partial charge in [-0.3, -0.25) is 9.10 Å². The van der Waals surface area contributed by atoms with Crippen molar-refractivity contribution in [2.45, 2.75) is 9.79 Å². The lowest BCUT2D eigenvalue weighted by Crippen LogP contribution is -2.29. The van der Waals surface area contributed by atoms with Gasteiger partial charge in [-0.05, 0) is 54.6 Å². The van der Waals surface area contributed by atoms with Crippen molar-refractivity contribution in [3.05, 3.63) is 89.5 Å². The third-order valence-corrected chi connectivity index (χ3v) is 8.00. The standard InChI is InChI=1S/C23H20FN3O5S2/c1-25-17-8-13-22(21(24)15-17)26(2)23(28)16-6-5-7-20(14-16)34(31,32)27(3)18-9-11-19(12-10-18)33(4,29)30/h5-15H,2-4H3. The molecule has 0 N–H and O–H groups in total. The molecule has 3 aromatic rings. The lowest BCUT2D eigenvalue weighted by Gasteiger charge is -2.21. The largest absolute Gasteiger partial charge is 0.309 e. The van der Waals surface area contributed by atoms with E-state index in [9.17, 15) is 26.0 Å². The van der Waals surface area contributed by atoms with Gasteiger partial charge in [0.1, 0.15) is 5.82 Å². The smallest absolute Gasteiger partial charge is 0.264 e. The zero-order chi connectivity index (χ0) is 25.3. The van der Waals surface area contributed by atoms with Crippen molar-refractivity contribution < 1.29 is 26.0 Å². The summed E-state index contributed by atoms with van der Waals surface area (Å²) in [5, 5.41) is 0. The maximum atomic E-state index is 14.4. The number of carbonyl (C=O) groups is 1. The summed E-state index contributed by atoms with van der Waals surface area (Å²) in [6, 6.07) is 14.3. The first kappa shape index (κ1) is 24.9. The molecule has 3 aromatic carbocycles. The van der Waals surface area contributed by atoms with Crippen molar-refractivity contribution in [1.82, 2.24) is 0 Å². The topological polar surface area (TPSA) is 96.2 Å². The number of halogens is 1. The molecule has 0 radical (unpaired) electrons. The minimum Gasteiger partial charge on any atom is -0.309 e. The van der Waals surface area contributed by atoms with Crippen molar-refractivity contribution in [2.24, 2.45) is 0 Å². The number of amides is 1. The van der Waals surface area contributed by atoms with E-state index >= 15 is 0 Å². The average Bonchev–Trinajstić information content (AvgIpc) is 2.82. The van der Waals surface area contributed by atoms with Crippen LogP contribution in [0.15, 0.2) is 76.5 Å². The van der Waals surface area contributed by atoms with Crippen molar-refractivity contribution in [3.63, 3.8) is 0 Å². The third-order valence-electron chi connectivity index (χ3n) is 5.09. The van der Waals surface area contributed by atoms with E-state index in [0.717, 1.165) is 21.5 Å². The van der Waals surface area contributed by atoms with Gasteiger partial charge in [0, 0.05) is 25.9 Å². The molecule has 0 saturated carbocycles. The predicted octanol–water partition coefficient (Wildman–Crippen LogP) is 3.88. The Labute approximate surface area is 197 Å². The van der Waals surface area contributed by atoms with Crippen LogP contribution in [0.4, 0.5) is 21.5 Å². The molecule has 11 heteroatoms. The number of sulfonamides is 1. The van der Waals surface area contributed by atoms with Crippen LogP contribution in [0, 0.1) is 12.4 Å². The van der Waals surface area contributed by atoms with Crippen molar-refractivity contribution in [2.75, 3.05) is 29.6 Å². The van der Waals surface area contributed by atoms with Crippen LogP contribution in [0.2, 0.25) is 0 Å². The maximum Gasteiger partial charge on any atom is 0.264 e. The molecular weight excluding hydrogens is 481 g/mol. The summed E-state index contributed by atoms with van der Waals surface area (Å²) in [4.78, 5) is 17.0. The van der Waals surface area contributed by atoms with Crippen LogP contribution in [-0.4, -0.2) is 43.1 Å². The highest BCUT2D eigenvalue weighted by atomic mass is 32.2. The maximum absolute atomic E-state index is 14.4. The summed E-state index contributed by atoms with van der Waals surface area (Å²) in [6.45, 7) is 6.94. The van der Waals surface area contributed by atoms with E-state index in [1.165, 1.54) is 74.8 Å². The van der Waals surface area contributed by atoms with E-state index < -0.39 is 31.6 Å². The Hall–Kier alpha value is -3.75. The van der Waals surface area contributed by atoms with Gasteiger partial charge in [-0.25, -0.2) is 26.1 Å². The number of carbonyl (C=O) groups excluding carboxylic acids is 1. The first-order chi connectivity index (χ1) is 15.9. The third kappa shape index (κ3) is 4.93. The molecule has 34 heavy (non-hydrogen) atoms. The zero-order valence-electron chi connectivity index (χ0n) is 18.4. The average molecular weight is 502 g/mol. The first-order valence-electron chi connectivity index (χ1n) is 9.70. The first-order valence-corrected chi connectivity index (χ1v) is 13.0. The highest BCUT2D eigenvalue weighted by molar-refractivity contribution is 7.92. The molecule has 0 fully saturated rings. The molecule has 0 unspecified atom stereocenters. The molecule has 0 aliphatic rings. The normalized spacial score (nSPS) is 11.5. The lowest BCUT2D eigenvalue weighted by atomic mass is 10.2. The van der Waals surface area contributed by atoms with Crippen molar-refractivity contribution >= 4 is 42.8 Å². The van der Waals surface area contributed by atoms with E-state index in [1.54, 1.807) is 0 Å². The fourth-order valence-electron chi connectivity index (χ4n) is 3.13. The van der Waals surface area contributed by atoms with E-state index in [-0.39, 0.29) is 32.4 Å². The van der Waals surface area contributed by atoms with E-state index in [0.29, 0.717) is 0 Å². The highest BCUT2D eigenvalue weighted by Gasteiger charge is 2.24. The summed E-state index contributed by atoms with van der Waals surface area (Å²) in [5.74, 6) is -1.41. The van der Waals surface area contributed by atoms with E-state index in [1.807, 2.05) is 0 Å². The Kier molecular flexibility index (Phi) is 6.77. The van der Waals surface area contributed by atoms with Crippen LogP contribution in [0.1, 0.15) is 10.4 Å². The quantitative estimate of drug-likeness (QED) is 0.478. The Morgan fingerprint density at radius 1 is 0.912 bits per heavy atom. The van der Waals surface area contributed by atoms with Crippen LogP contribution < -0.4 is 9.21 Å². The van der Waals surface area contributed by atoms with Crippen LogP contribution in [0.5, 0.6) is 0 Å². The van der Waals surface area contributed by atoms with Crippen LogP contribution in [0.3, 0.4) is 0 Å². The Balaban J connectivity index is 1.92. The molecule has 3 rings (SSSR count). The predicted molar refractivity (Wildman–Crippen MR) is 127 cm³/mol.